The zero-order chi connectivity index (χ0) is 56.1. The second-order valence-electron chi connectivity index (χ2n) is 22.8. The molecule has 1 amide bonds. The minimum absolute atomic E-state index is 0.0267. The number of ketones is 1. The van der Waals surface area contributed by atoms with Crippen molar-refractivity contribution in [3.8, 4) is 0 Å². The van der Waals surface area contributed by atoms with Crippen LogP contribution in [0, 0.1) is 23.7 Å². The normalized spacial score (nSPS) is 16.0. The number of likely N-dealkylation sites (tertiary alicyclic amines) is 2. The minimum atomic E-state index is -0.625. The number of carbonyl (C=O) groups excluding carboxylic acids is 7. The van der Waals surface area contributed by atoms with Gasteiger partial charge in [0.05, 0.1) is 45.5 Å². The highest BCUT2D eigenvalue weighted by atomic mass is 16.6. The summed E-state index contributed by atoms with van der Waals surface area (Å²) in [5.41, 5.74) is 0. The zero-order valence-corrected chi connectivity index (χ0v) is 49.4. The van der Waals surface area contributed by atoms with Crippen LogP contribution in [0.3, 0.4) is 0 Å². The number of hydrogen-bond donors (Lipinski definition) is 0. The summed E-state index contributed by atoms with van der Waals surface area (Å²) in [5, 5.41) is 0. The number of amides is 1. The van der Waals surface area contributed by atoms with Crippen molar-refractivity contribution in [2.75, 3.05) is 65.8 Å². The Morgan fingerprint density at radius 1 is 0.455 bits per heavy atom. The van der Waals surface area contributed by atoms with Gasteiger partial charge in [-0.3, -0.25) is 28.8 Å². The molecule has 2 saturated heterocycles. The fourth-order valence-electron chi connectivity index (χ4n) is 10.2. The number of nitrogens with zero attached hydrogens (tertiary/aromatic N) is 2. The van der Waals surface area contributed by atoms with Gasteiger partial charge in [0.25, 0.3) is 0 Å². The van der Waals surface area contributed by atoms with Gasteiger partial charge in [-0.2, -0.15) is 0 Å². The molecule has 0 aromatic carbocycles. The molecule has 2 aliphatic rings. The molecule has 15 heteroatoms. The molecule has 0 aromatic rings. The average Bonchev–Trinajstić information content (AvgIpc) is 3.83. The van der Waals surface area contributed by atoms with Gasteiger partial charge in [0.2, 0.25) is 0 Å². The number of hydrogen-bond acceptors (Lipinski definition) is 14. The van der Waals surface area contributed by atoms with Gasteiger partial charge >= 0.3 is 35.9 Å². The second kappa shape index (κ2) is 46.0. The monoisotopic (exact) mass is 1090 g/mol. The summed E-state index contributed by atoms with van der Waals surface area (Å²) in [6.07, 6.45) is 28.7. The van der Waals surface area contributed by atoms with Crippen LogP contribution in [0.25, 0.3) is 0 Å². The summed E-state index contributed by atoms with van der Waals surface area (Å²) in [6, 6.07) is -0.571. The Balaban J connectivity index is 2.13. The lowest BCUT2D eigenvalue weighted by Gasteiger charge is -2.30. The average molecular weight is 1090 g/mol. The quantitative estimate of drug-likeness (QED) is 0.0319. The van der Waals surface area contributed by atoms with E-state index in [1.165, 1.54) is 25.7 Å². The van der Waals surface area contributed by atoms with Crippen molar-refractivity contribution >= 4 is 41.7 Å². The first-order chi connectivity index (χ1) is 37.4. The van der Waals surface area contributed by atoms with E-state index in [9.17, 15) is 33.6 Å². The molecule has 2 heterocycles. The Hall–Kier alpha value is -3.75. The van der Waals surface area contributed by atoms with Crippen LogP contribution in [0.1, 0.15) is 259 Å². The molecule has 15 nitrogen and oxygen atoms in total. The molecule has 2 atom stereocenters. The summed E-state index contributed by atoms with van der Waals surface area (Å²) in [6.45, 7) is 13.8. The maximum Gasteiger partial charge on any atom is 0.410 e. The Morgan fingerprint density at radius 2 is 0.844 bits per heavy atom. The third-order valence-electron chi connectivity index (χ3n) is 15.2. The van der Waals surface area contributed by atoms with Crippen LogP contribution in [0.4, 0.5) is 4.79 Å². The van der Waals surface area contributed by atoms with Crippen molar-refractivity contribution in [2.45, 2.75) is 265 Å². The Kier molecular flexibility index (Phi) is 41.5. The van der Waals surface area contributed by atoms with Gasteiger partial charge < -0.3 is 38.2 Å². The van der Waals surface area contributed by atoms with Crippen molar-refractivity contribution in [1.29, 1.82) is 0 Å². The molecule has 0 aromatic heterocycles. The maximum absolute atomic E-state index is 13.9. The third-order valence-corrected chi connectivity index (χ3v) is 15.2. The van der Waals surface area contributed by atoms with Crippen molar-refractivity contribution in [3.05, 3.63) is 0 Å². The van der Waals surface area contributed by atoms with Crippen molar-refractivity contribution in [1.82, 2.24) is 9.80 Å². The third kappa shape index (κ3) is 36.9. The van der Waals surface area contributed by atoms with E-state index in [2.05, 4.69) is 39.5 Å². The number of piperidine rings is 1. The lowest BCUT2D eigenvalue weighted by molar-refractivity contribution is -0.155. The predicted molar refractivity (Wildman–Crippen MR) is 302 cm³/mol. The predicted octanol–water partition coefficient (Wildman–Crippen LogP) is 13.6. The highest BCUT2D eigenvalue weighted by molar-refractivity contribution is 5.79. The number of rotatable bonds is 48. The first kappa shape index (κ1) is 69.4. The first-order valence-electron chi connectivity index (χ1n) is 31.3. The lowest BCUT2D eigenvalue weighted by atomic mass is 9.94. The van der Waals surface area contributed by atoms with Gasteiger partial charge in [0.15, 0.2) is 0 Å². The van der Waals surface area contributed by atoms with Crippen molar-refractivity contribution in [3.63, 3.8) is 0 Å². The molecular weight excluding hydrogens is 981 g/mol. The van der Waals surface area contributed by atoms with Crippen LogP contribution in [-0.2, 0) is 57.2 Å². The molecule has 0 unspecified atom stereocenters. The summed E-state index contributed by atoms with van der Waals surface area (Å²) in [7, 11) is 0. The number of carbonyl (C=O) groups is 7. The number of ether oxygens (including phenoxy) is 6. The summed E-state index contributed by atoms with van der Waals surface area (Å²) < 4.78 is 34.3. The molecule has 446 valence electrons. The maximum atomic E-state index is 13.9. The van der Waals surface area contributed by atoms with Crippen LogP contribution in [-0.4, -0.2) is 123 Å². The molecule has 0 saturated carbocycles. The fraction of sp³-hybridized carbons (Fsp3) is 0.887. The number of Topliss-reactive ketones (excluding diaryl/α,β-unsaturated/α-hetero) is 1. The zero-order valence-electron chi connectivity index (χ0n) is 49.4. The number of unbranched alkanes of at least 4 members (excludes halogenated alkanes) is 20. The van der Waals surface area contributed by atoms with E-state index >= 15 is 0 Å². The molecule has 0 radical (unpaired) electrons. The molecule has 0 spiro atoms. The molecule has 77 heavy (non-hydrogen) atoms. The molecule has 0 aliphatic carbocycles. The lowest BCUT2D eigenvalue weighted by Crippen LogP contribution is -2.40. The molecule has 2 aliphatic heterocycles. The second-order valence-corrected chi connectivity index (χ2v) is 22.8. The van der Waals surface area contributed by atoms with Gasteiger partial charge in [0.1, 0.15) is 12.4 Å². The highest BCUT2D eigenvalue weighted by Gasteiger charge is 2.38. The van der Waals surface area contributed by atoms with E-state index in [1.54, 1.807) is 4.90 Å². The molecule has 0 N–H and O–H groups in total. The molecular formula is C62H110N2O13. The van der Waals surface area contributed by atoms with Crippen LogP contribution < -0.4 is 0 Å². The largest absolute Gasteiger partial charge is 0.465 e. The summed E-state index contributed by atoms with van der Waals surface area (Å²) >= 11 is 0. The van der Waals surface area contributed by atoms with Gasteiger partial charge in [-0.15, -0.1) is 0 Å². The van der Waals surface area contributed by atoms with Crippen LogP contribution in [0.5, 0.6) is 0 Å². The summed E-state index contributed by atoms with van der Waals surface area (Å²) in [5.74, 6) is -2.78. The standard InChI is InChI=1S/C62H110N2O13/c1-6-10-14-18-22-26-31-57(66)73-46-53(47-74-58(67)32-27-23-19-15-11-7-2)43-56(65)42-52-41-55(64(45-52)62(71)72-40-30-37-63-38-35-51(5)36-39-63)50-77-61(70)44-54(48-75-59(68)33-28-24-20-16-12-8-3)49-76-60(69)34-29-25-21-17-13-9-4/h51-55H,6-50H2,1-5H3/t52-,55+/m0/s1. The van der Waals surface area contributed by atoms with E-state index in [4.69, 9.17) is 28.4 Å². The van der Waals surface area contributed by atoms with Crippen molar-refractivity contribution in [2.24, 2.45) is 23.7 Å². The van der Waals surface area contributed by atoms with E-state index in [0.717, 1.165) is 161 Å². The van der Waals surface area contributed by atoms with Crippen LogP contribution in [0.15, 0.2) is 0 Å². The van der Waals surface area contributed by atoms with Crippen LogP contribution >= 0.6 is 0 Å². The van der Waals surface area contributed by atoms with Gasteiger partial charge in [-0.05, 0) is 76.3 Å². The minimum Gasteiger partial charge on any atom is -0.465 e. The van der Waals surface area contributed by atoms with E-state index < -0.39 is 29.9 Å². The Bertz CT molecular complexity index is 1520. The topological polar surface area (TPSA) is 181 Å². The number of esters is 5. The highest BCUT2D eigenvalue weighted by Crippen LogP contribution is 2.29. The smallest absolute Gasteiger partial charge is 0.410 e. The molecule has 2 fully saturated rings. The van der Waals surface area contributed by atoms with Crippen molar-refractivity contribution < 1.29 is 62.0 Å². The van der Waals surface area contributed by atoms with E-state index in [1.807, 2.05) is 0 Å². The Labute approximate surface area is 466 Å². The SMILES string of the molecule is CCCCCCCCC(=O)OCC(COC(=O)CCCCCCCC)CC(=O)C[C@@H]1C[C@H](COC(=O)CC(COC(=O)CCCCCCCC)COC(=O)CCCCCCCC)N(C(=O)OCCCN2CCC(C)CC2)C1. The molecule has 0 bridgehead atoms. The van der Waals surface area contributed by atoms with Gasteiger partial charge in [0, 0.05) is 63.5 Å². The first-order valence-corrected chi connectivity index (χ1v) is 31.3. The van der Waals surface area contributed by atoms with Crippen LogP contribution in [0.2, 0.25) is 0 Å². The molecule has 2 rings (SSSR count). The van der Waals surface area contributed by atoms with E-state index in [-0.39, 0.29) is 114 Å². The fourth-order valence-corrected chi connectivity index (χ4v) is 10.2. The van der Waals surface area contributed by atoms with Gasteiger partial charge in [-0.1, -0.05) is 163 Å². The summed E-state index contributed by atoms with van der Waals surface area (Å²) in [4.78, 5) is 96.4. The van der Waals surface area contributed by atoms with E-state index in [0.29, 0.717) is 31.6 Å². The van der Waals surface area contributed by atoms with Gasteiger partial charge in [-0.25, -0.2) is 4.79 Å². The Morgan fingerprint density at radius 3 is 1.26 bits per heavy atom.